The minimum absolute atomic E-state index is 0.119. The zero-order valence-corrected chi connectivity index (χ0v) is 13.4. The molecular formula is C16H12F3N5O2. The molecule has 7 nitrogen and oxygen atoms in total. The van der Waals surface area contributed by atoms with Gasteiger partial charge in [-0.05, 0) is 12.5 Å². The van der Waals surface area contributed by atoms with Gasteiger partial charge in [-0.2, -0.15) is 18.3 Å². The number of rotatable bonds is 3. The minimum Gasteiger partial charge on any atom is -0.481 e. The fourth-order valence-electron chi connectivity index (χ4n) is 3.00. The second-order valence-corrected chi connectivity index (χ2v) is 6.22. The number of fused-ring (bicyclic) bond motifs is 1. The van der Waals surface area contributed by atoms with E-state index in [2.05, 4.69) is 20.1 Å². The van der Waals surface area contributed by atoms with E-state index in [1.165, 1.54) is 6.20 Å². The monoisotopic (exact) mass is 363 g/mol. The van der Waals surface area contributed by atoms with Gasteiger partial charge >= 0.3 is 12.1 Å². The van der Waals surface area contributed by atoms with E-state index in [1.807, 2.05) is 0 Å². The molecule has 134 valence electrons. The standard InChI is InChI=1S/C16H12F3N5O2/c1-24-6-8-2-7(4-20-14(8)23-24)13-21-5-11(9-3-10(9)15(25)26)12(22-13)16(17,18)19/h2,4-6,9-10H,3H2,1H3,(H,25,26)/t9-,10-/m0/s1. The molecule has 0 aromatic carbocycles. The van der Waals surface area contributed by atoms with E-state index in [0.29, 0.717) is 16.6 Å². The third kappa shape index (κ3) is 2.76. The molecule has 3 aromatic rings. The number of carboxylic acid groups (broad SMARTS) is 1. The molecule has 4 rings (SSSR count). The van der Waals surface area contributed by atoms with E-state index in [-0.39, 0.29) is 17.8 Å². The fraction of sp³-hybridized carbons (Fsp3) is 0.312. The van der Waals surface area contributed by atoms with Crippen molar-refractivity contribution in [3.05, 3.63) is 35.9 Å². The van der Waals surface area contributed by atoms with Crippen LogP contribution in [0.5, 0.6) is 0 Å². The Kier molecular flexibility index (Phi) is 3.46. The van der Waals surface area contributed by atoms with Crippen LogP contribution in [-0.4, -0.2) is 35.8 Å². The van der Waals surface area contributed by atoms with Crippen molar-refractivity contribution in [3.8, 4) is 11.4 Å². The lowest BCUT2D eigenvalue weighted by atomic mass is 10.1. The van der Waals surface area contributed by atoms with E-state index >= 15 is 0 Å². The van der Waals surface area contributed by atoms with Crippen molar-refractivity contribution in [3.63, 3.8) is 0 Å². The third-order valence-electron chi connectivity index (χ3n) is 4.32. The lowest BCUT2D eigenvalue weighted by Gasteiger charge is -2.12. The predicted molar refractivity (Wildman–Crippen MR) is 83.0 cm³/mol. The van der Waals surface area contributed by atoms with Gasteiger partial charge in [0, 0.05) is 48.1 Å². The summed E-state index contributed by atoms with van der Waals surface area (Å²) in [6, 6.07) is 1.61. The zero-order chi connectivity index (χ0) is 18.6. The first-order valence-corrected chi connectivity index (χ1v) is 7.71. The Morgan fingerprint density at radius 2 is 2.08 bits per heavy atom. The van der Waals surface area contributed by atoms with Gasteiger partial charge < -0.3 is 5.11 Å². The largest absolute Gasteiger partial charge is 0.481 e. The van der Waals surface area contributed by atoms with Crippen LogP contribution in [0.4, 0.5) is 13.2 Å². The number of aromatic nitrogens is 5. The second kappa shape index (κ2) is 5.48. The molecule has 0 aliphatic heterocycles. The number of pyridine rings is 1. The molecule has 0 amide bonds. The Morgan fingerprint density at radius 3 is 2.73 bits per heavy atom. The number of carboxylic acids is 1. The maximum Gasteiger partial charge on any atom is 0.433 e. The molecule has 1 aliphatic rings. The summed E-state index contributed by atoms with van der Waals surface area (Å²) in [6.45, 7) is 0. The Hall–Kier alpha value is -3.04. The summed E-state index contributed by atoms with van der Waals surface area (Å²) in [6.07, 6.45) is -0.421. The molecule has 3 heterocycles. The molecule has 26 heavy (non-hydrogen) atoms. The van der Waals surface area contributed by atoms with E-state index in [1.54, 1.807) is 24.0 Å². The Labute approximate surface area is 144 Å². The molecule has 2 atom stereocenters. The number of carbonyl (C=O) groups is 1. The lowest BCUT2D eigenvalue weighted by Crippen LogP contribution is -2.14. The quantitative estimate of drug-likeness (QED) is 0.769. The molecular weight excluding hydrogens is 351 g/mol. The highest BCUT2D eigenvalue weighted by molar-refractivity contribution is 5.79. The molecule has 10 heteroatoms. The maximum absolute atomic E-state index is 13.5. The number of halogens is 3. The van der Waals surface area contributed by atoms with Crippen LogP contribution in [0.1, 0.15) is 23.6 Å². The smallest absolute Gasteiger partial charge is 0.433 e. The third-order valence-corrected chi connectivity index (χ3v) is 4.32. The van der Waals surface area contributed by atoms with Crippen molar-refractivity contribution in [2.75, 3.05) is 0 Å². The molecule has 0 bridgehead atoms. The van der Waals surface area contributed by atoms with Crippen LogP contribution in [0, 0.1) is 5.92 Å². The number of aliphatic carboxylic acids is 1. The Morgan fingerprint density at radius 1 is 1.31 bits per heavy atom. The normalized spacial score (nSPS) is 19.7. The highest BCUT2D eigenvalue weighted by Gasteiger charge is 2.49. The first kappa shape index (κ1) is 16.4. The summed E-state index contributed by atoms with van der Waals surface area (Å²) in [5, 5.41) is 13.7. The van der Waals surface area contributed by atoms with Crippen LogP contribution < -0.4 is 0 Å². The molecule has 1 aliphatic carbocycles. The SMILES string of the molecule is Cn1cc2cc(-c3ncc([C@H]4C[C@@H]4C(=O)O)c(C(F)(F)F)n3)cnc2n1. The highest BCUT2D eigenvalue weighted by Crippen LogP contribution is 2.50. The van der Waals surface area contributed by atoms with Crippen molar-refractivity contribution < 1.29 is 23.1 Å². The van der Waals surface area contributed by atoms with Gasteiger partial charge in [0.25, 0.3) is 0 Å². The van der Waals surface area contributed by atoms with E-state index < -0.39 is 29.7 Å². The van der Waals surface area contributed by atoms with Gasteiger partial charge in [-0.15, -0.1) is 0 Å². The first-order valence-electron chi connectivity index (χ1n) is 7.71. The summed E-state index contributed by atoms with van der Waals surface area (Å²) in [5.74, 6) is -2.76. The van der Waals surface area contributed by atoms with Crippen LogP contribution >= 0.6 is 0 Å². The van der Waals surface area contributed by atoms with Gasteiger partial charge in [-0.25, -0.2) is 15.0 Å². The second-order valence-electron chi connectivity index (χ2n) is 6.22. The summed E-state index contributed by atoms with van der Waals surface area (Å²) >= 11 is 0. The van der Waals surface area contributed by atoms with Crippen molar-refractivity contribution in [2.24, 2.45) is 13.0 Å². The fourth-order valence-corrected chi connectivity index (χ4v) is 3.00. The van der Waals surface area contributed by atoms with Crippen LogP contribution in [0.3, 0.4) is 0 Å². The van der Waals surface area contributed by atoms with E-state index in [0.717, 1.165) is 6.20 Å². The van der Waals surface area contributed by atoms with Crippen LogP contribution in [0.2, 0.25) is 0 Å². The van der Waals surface area contributed by atoms with Crippen LogP contribution in [-0.2, 0) is 18.0 Å². The lowest BCUT2D eigenvalue weighted by molar-refractivity contribution is -0.142. The number of aryl methyl sites for hydroxylation is 1. The molecule has 0 unspecified atom stereocenters. The van der Waals surface area contributed by atoms with Crippen molar-refractivity contribution in [1.82, 2.24) is 24.7 Å². The van der Waals surface area contributed by atoms with Crippen molar-refractivity contribution in [1.29, 1.82) is 0 Å². The van der Waals surface area contributed by atoms with Gasteiger partial charge in [0.15, 0.2) is 17.2 Å². The van der Waals surface area contributed by atoms with Gasteiger partial charge in [0.05, 0.1) is 5.92 Å². The molecule has 1 fully saturated rings. The minimum atomic E-state index is -4.70. The van der Waals surface area contributed by atoms with Crippen LogP contribution in [0.15, 0.2) is 24.7 Å². The molecule has 0 saturated heterocycles. The molecule has 1 N–H and O–H groups in total. The van der Waals surface area contributed by atoms with Gasteiger partial charge in [0.2, 0.25) is 0 Å². The van der Waals surface area contributed by atoms with Crippen molar-refractivity contribution >= 4 is 17.0 Å². The van der Waals surface area contributed by atoms with Gasteiger partial charge in [-0.1, -0.05) is 0 Å². The van der Waals surface area contributed by atoms with Crippen molar-refractivity contribution in [2.45, 2.75) is 18.5 Å². The zero-order valence-electron chi connectivity index (χ0n) is 13.4. The van der Waals surface area contributed by atoms with E-state index in [9.17, 15) is 18.0 Å². The topological polar surface area (TPSA) is 93.8 Å². The molecule has 0 spiro atoms. The predicted octanol–water partition coefficient (Wildman–Crippen LogP) is 2.63. The summed E-state index contributed by atoms with van der Waals surface area (Å²) < 4.78 is 41.9. The number of nitrogens with zero attached hydrogens (tertiary/aromatic N) is 5. The first-order chi connectivity index (χ1) is 12.2. The summed E-state index contributed by atoms with van der Waals surface area (Å²) in [4.78, 5) is 22.8. The maximum atomic E-state index is 13.5. The van der Waals surface area contributed by atoms with Gasteiger partial charge in [0.1, 0.15) is 0 Å². The van der Waals surface area contributed by atoms with Crippen LogP contribution in [0.25, 0.3) is 22.4 Å². The summed E-state index contributed by atoms with van der Waals surface area (Å²) in [7, 11) is 1.71. The average molecular weight is 363 g/mol. The number of alkyl halides is 3. The number of hydrogen-bond donors (Lipinski definition) is 1. The number of hydrogen-bond acceptors (Lipinski definition) is 5. The summed E-state index contributed by atoms with van der Waals surface area (Å²) in [5.41, 5.74) is -0.481. The molecule has 0 radical (unpaired) electrons. The average Bonchev–Trinajstić information content (AvgIpc) is 3.28. The van der Waals surface area contributed by atoms with E-state index in [4.69, 9.17) is 5.11 Å². The van der Waals surface area contributed by atoms with Gasteiger partial charge in [-0.3, -0.25) is 9.48 Å². The Bertz CT molecular complexity index is 1030. The Balaban J connectivity index is 1.78. The molecule has 3 aromatic heterocycles. The highest BCUT2D eigenvalue weighted by atomic mass is 19.4. The molecule has 1 saturated carbocycles.